The maximum Gasteiger partial charge on any atom is 0.261 e. The van der Waals surface area contributed by atoms with Crippen LogP contribution in [0.3, 0.4) is 0 Å². The zero-order valence-corrected chi connectivity index (χ0v) is 15.0. The standard InChI is InChI=1S/C20H16N4O4/c1-12-21-18(28-23-12)13-6-8-14(9-7-13)22-17(25)10-11-24-19(26)15-4-2-3-5-16(15)20(24)27/h2-9H,10-11H2,1H3,(H,22,25). The molecule has 4 rings (SSSR count). The lowest BCUT2D eigenvalue weighted by atomic mass is 10.1. The van der Waals surface area contributed by atoms with Crippen LogP contribution in [0.5, 0.6) is 0 Å². The van der Waals surface area contributed by atoms with Crippen molar-refractivity contribution in [3.05, 3.63) is 65.5 Å². The normalized spacial score (nSPS) is 13.0. The molecule has 28 heavy (non-hydrogen) atoms. The summed E-state index contributed by atoms with van der Waals surface area (Å²) in [4.78, 5) is 42.1. The highest BCUT2D eigenvalue weighted by Crippen LogP contribution is 2.23. The number of nitrogens with one attached hydrogen (secondary N) is 1. The summed E-state index contributed by atoms with van der Waals surface area (Å²) < 4.78 is 5.10. The van der Waals surface area contributed by atoms with Gasteiger partial charge >= 0.3 is 0 Å². The average Bonchev–Trinajstić information content (AvgIpc) is 3.23. The van der Waals surface area contributed by atoms with Crippen LogP contribution in [0.2, 0.25) is 0 Å². The number of hydrogen-bond donors (Lipinski definition) is 1. The molecule has 0 bridgehead atoms. The van der Waals surface area contributed by atoms with E-state index in [0.717, 1.165) is 10.5 Å². The summed E-state index contributed by atoms with van der Waals surface area (Å²) in [6.07, 6.45) is 0.00999. The van der Waals surface area contributed by atoms with Gasteiger partial charge in [0.1, 0.15) is 0 Å². The number of carbonyl (C=O) groups is 3. The lowest BCUT2D eigenvalue weighted by molar-refractivity contribution is -0.116. The van der Waals surface area contributed by atoms with Crippen molar-refractivity contribution < 1.29 is 18.9 Å². The molecule has 0 saturated heterocycles. The average molecular weight is 376 g/mol. The van der Waals surface area contributed by atoms with E-state index in [1.165, 1.54) is 0 Å². The Hall–Kier alpha value is -3.81. The van der Waals surface area contributed by atoms with E-state index in [9.17, 15) is 14.4 Å². The Balaban J connectivity index is 1.35. The summed E-state index contributed by atoms with van der Waals surface area (Å²) in [5.74, 6) is -0.0836. The van der Waals surface area contributed by atoms with Crippen molar-refractivity contribution in [1.29, 1.82) is 0 Å². The number of hydrogen-bond acceptors (Lipinski definition) is 6. The van der Waals surface area contributed by atoms with Gasteiger partial charge in [0, 0.05) is 24.2 Å². The Morgan fingerprint density at radius 2 is 1.68 bits per heavy atom. The van der Waals surface area contributed by atoms with Gasteiger partial charge in [-0.15, -0.1) is 0 Å². The minimum absolute atomic E-state index is 0.00999. The Bertz CT molecular complexity index is 1040. The third kappa shape index (κ3) is 3.27. The number of rotatable bonds is 5. The first-order valence-corrected chi connectivity index (χ1v) is 8.69. The van der Waals surface area contributed by atoms with E-state index in [1.807, 2.05) is 0 Å². The van der Waals surface area contributed by atoms with Gasteiger partial charge in [-0.3, -0.25) is 19.3 Å². The van der Waals surface area contributed by atoms with Crippen molar-refractivity contribution in [2.24, 2.45) is 0 Å². The molecule has 0 unspecified atom stereocenters. The molecule has 0 radical (unpaired) electrons. The maximum atomic E-state index is 12.3. The van der Waals surface area contributed by atoms with E-state index in [0.29, 0.717) is 28.5 Å². The van der Waals surface area contributed by atoms with Crippen molar-refractivity contribution in [3.8, 4) is 11.5 Å². The maximum absolute atomic E-state index is 12.3. The molecular formula is C20H16N4O4. The predicted octanol–water partition coefficient (Wildman–Crippen LogP) is 2.67. The van der Waals surface area contributed by atoms with Crippen LogP contribution in [0.1, 0.15) is 33.0 Å². The van der Waals surface area contributed by atoms with Crippen LogP contribution < -0.4 is 5.32 Å². The van der Waals surface area contributed by atoms with Crippen LogP contribution in [-0.4, -0.2) is 39.3 Å². The number of nitrogens with zero attached hydrogens (tertiary/aromatic N) is 3. The highest BCUT2D eigenvalue weighted by atomic mass is 16.5. The van der Waals surface area contributed by atoms with Crippen LogP contribution in [-0.2, 0) is 4.79 Å². The first-order valence-electron chi connectivity index (χ1n) is 8.69. The fraction of sp³-hybridized carbons (Fsp3) is 0.150. The van der Waals surface area contributed by atoms with Gasteiger partial charge in [-0.1, -0.05) is 17.3 Å². The topological polar surface area (TPSA) is 105 Å². The molecule has 0 atom stereocenters. The van der Waals surface area contributed by atoms with Crippen LogP contribution in [0, 0.1) is 6.92 Å². The van der Waals surface area contributed by atoms with Gasteiger partial charge in [-0.2, -0.15) is 4.98 Å². The van der Waals surface area contributed by atoms with E-state index in [4.69, 9.17) is 4.52 Å². The number of amides is 3. The lowest BCUT2D eigenvalue weighted by Crippen LogP contribution is -2.32. The SMILES string of the molecule is Cc1noc(-c2ccc(NC(=O)CCN3C(=O)c4ccccc4C3=O)cc2)n1. The Morgan fingerprint density at radius 3 is 2.25 bits per heavy atom. The first-order chi connectivity index (χ1) is 13.5. The fourth-order valence-corrected chi connectivity index (χ4v) is 2.99. The largest absolute Gasteiger partial charge is 0.334 e. The second kappa shape index (κ2) is 7.07. The number of carbonyl (C=O) groups excluding carboxylic acids is 3. The third-order valence-corrected chi connectivity index (χ3v) is 4.38. The zero-order valence-electron chi connectivity index (χ0n) is 15.0. The molecule has 0 spiro atoms. The summed E-state index contributed by atoms with van der Waals surface area (Å²) in [5.41, 5.74) is 2.08. The number of fused-ring (bicyclic) bond motifs is 1. The molecular weight excluding hydrogens is 360 g/mol. The van der Waals surface area contributed by atoms with Crippen LogP contribution >= 0.6 is 0 Å². The van der Waals surface area contributed by atoms with Crippen molar-refractivity contribution in [2.45, 2.75) is 13.3 Å². The summed E-state index contributed by atoms with van der Waals surface area (Å²) in [7, 11) is 0. The molecule has 3 aromatic rings. The third-order valence-electron chi connectivity index (χ3n) is 4.38. The van der Waals surface area contributed by atoms with Gasteiger partial charge in [-0.25, -0.2) is 0 Å². The van der Waals surface area contributed by atoms with Gasteiger partial charge in [-0.05, 0) is 43.3 Å². The highest BCUT2D eigenvalue weighted by molar-refractivity contribution is 6.21. The van der Waals surface area contributed by atoms with E-state index in [-0.39, 0.29) is 30.7 Å². The highest BCUT2D eigenvalue weighted by Gasteiger charge is 2.34. The van der Waals surface area contributed by atoms with Crippen LogP contribution in [0.4, 0.5) is 5.69 Å². The van der Waals surface area contributed by atoms with Gasteiger partial charge < -0.3 is 9.84 Å². The van der Waals surface area contributed by atoms with E-state index in [2.05, 4.69) is 15.5 Å². The van der Waals surface area contributed by atoms with Gasteiger partial charge in [0.05, 0.1) is 11.1 Å². The van der Waals surface area contributed by atoms with Gasteiger partial charge in [0.15, 0.2) is 5.82 Å². The number of aryl methyl sites for hydroxylation is 1. The molecule has 0 saturated carbocycles. The van der Waals surface area contributed by atoms with Crippen molar-refractivity contribution in [2.75, 3.05) is 11.9 Å². The van der Waals surface area contributed by atoms with E-state index < -0.39 is 0 Å². The minimum atomic E-state index is -0.368. The molecule has 1 N–H and O–H groups in total. The molecule has 1 aromatic heterocycles. The molecule has 0 fully saturated rings. The summed E-state index contributed by atoms with van der Waals surface area (Å²) in [6.45, 7) is 1.76. The fourth-order valence-electron chi connectivity index (χ4n) is 2.99. The van der Waals surface area contributed by atoms with Crippen LogP contribution in [0.25, 0.3) is 11.5 Å². The molecule has 1 aliphatic heterocycles. The summed E-state index contributed by atoms with van der Waals surface area (Å²) in [6, 6.07) is 13.6. The number of imide groups is 1. The molecule has 0 aliphatic carbocycles. The van der Waals surface area contributed by atoms with E-state index >= 15 is 0 Å². The first kappa shape index (κ1) is 17.6. The monoisotopic (exact) mass is 376 g/mol. The minimum Gasteiger partial charge on any atom is -0.334 e. The Kier molecular flexibility index (Phi) is 4.44. The van der Waals surface area contributed by atoms with Gasteiger partial charge in [0.25, 0.3) is 17.7 Å². The summed E-state index contributed by atoms with van der Waals surface area (Å²) in [5, 5.41) is 6.48. The molecule has 2 heterocycles. The van der Waals surface area contributed by atoms with Crippen molar-refractivity contribution in [3.63, 3.8) is 0 Å². The molecule has 1 aliphatic rings. The zero-order chi connectivity index (χ0) is 19.7. The lowest BCUT2D eigenvalue weighted by Gasteiger charge is -2.13. The second-order valence-corrected chi connectivity index (χ2v) is 6.33. The molecule has 8 heteroatoms. The van der Waals surface area contributed by atoms with E-state index in [1.54, 1.807) is 55.5 Å². The van der Waals surface area contributed by atoms with Crippen molar-refractivity contribution in [1.82, 2.24) is 15.0 Å². The van der Waals surface area contributed by atoms with Gasteiger partial charge in [0.2, 0.25) is 5.91 Å². The predicted molar refractivity (Wildman–Crippen MR) is 99.5 cm³/mol. The molecule has 8 nitrogen and oxygen atoms in total. The number of benzene rings is 2. The summed E-state index contributed by atoms with van der Waals surface area (Å²) >= 11 is 0. The number of anilines is 1. The second-order valence-electron chi connectivity index (χ2n) is 6.33. The smallest absolute Gasteiger partial charge is 0.261 e. The number of aromatic nitrogens is 2. The quantitative estimate of drug-likeness (QED) is 0.686. The molecule has 2 aromatic carbocycles. The Labute approximate surface area is 160 Å². The van der Waals surface area contributed by atoms with Crippen LogP contribution in [0.15, 0.2) is 53.1 Å². The molecule has 140 valence electrons. The Morgan fingerprint density at radius 1 is 1.04 bits per heavy atom. The van der Waals surface area contributed by atoms with Crippen molar-refractivity contribution >= 4 is 23.4 Å². The molecule has 3 amide bonds.